The summed E-state index contributed by atoms with van der Waals surface area (Å²) in [6, 6.07) is 1.09. The number of nitrogens with zero attached hydrogens (tertiary/aromatic N) is 1. The predicted octanol–water partition coefficient (Wildman–Crippen LogP) is 1.94. The Bertz CT molecular complexity index is 484. The van der Waals surface area contributed by atoms with Crippen LogP contribution in [0.4, 0.5) is 4.79 Å². The van der Waals surface area contributed by atoms with Gasteiger partial charge in [-0.2, -0.15) is 0 Å². The highest BCUT2D eigenvalue weighted by molar-refractivity contribution is 7.10. The number of carbonyl (C=O) groups is 2. The smallest absolute Gasteiger partial charge is 0.333 e. The molecule has 1 unspecified atom stereocenters. The van der Waals surface area contributed by atoms with E-state index in [1.54, 1.807) is 16.2 Å². The first-order chi connectivity index (χ1) is 9.04. The molecule has 0 aromatic carbocycles. The van der Waals surface area contributed by atoms with Crippen molar-refractivity contribution in [2.75, 3.05) is 13.7 Å². The second-order valence-corrected chi connectivity index (χ2v) is 5.77. The van der Waals surface area contributed by atoms with E-state index in [9.17, 15) is 9.59 Å². The molecular formula is C13H18N2O3S. The lowest BCUT2D eigenvalue weighted by molar-refractivity contribution is -0.146. The van der Waals surface area contributed by atoms with Gasteiger partial charge in [-0.1, -0.05) is 0 Å². The lowest BCUT2D eigenvalue weighted by atomic mass is 10.0. The molecule has 0 spiro atoms. The molecule has 0 bridgehead atoms. The van der Waals surface area contributed by atoms with E-state index in [2.05, 4.69) is 5.32 Å². The summed E-state index contributed by atoms with van der Waals surface area (Å²) < 4.78 is 4.85. The van der Waals surface area contributed by atoms with Crippen molar-refractivity contribution in [1.29, 1.82) is 0 Å². The zero-order valence-corrected chi connectivity index (χ0v) is 12.1. The van der Waals surface area contributed by atoms with Crippen LogP contribution in [0.15, 0.2) is 11.4 Å². The molecule has 0 aliphatic carbocycles. The van der Waals surface area contributed by atoms with Gasteiger partial charge in [0.15, 0.2) is 6.04 Å². The summed E-state index contributed by atoms with van der Waals surface area (Å²) in [4.78, 5) is 26.9. The monoisotopic (exact) mass is 282 g/mol. The number of hydrogen-bond donors (Lipinski definition) is 1. The third-order valence-corrected chi connectivity index (χ3v) is 4.06. The molecule has 19 heavy (non-hydrogen) atoms. The molecule has 1 N–H and O–H groups in total. The van der Waals surface area contributed by atoms with Crippen molar-refractivity contribution in [3.63, 3.8) is 0 Å². The molecule has 2 heterocycles. The number of fused-ring (bicyclic) bond motifs is 1. The van der Waals surface area contributed by atoms with E-state index >= 15 is 0 Å². The molecule has 0 fully saturated rings. The Labute approximate surface area is 116 Å². The molecule has 1 aromatic rings. The maximum absolute atomic E-state index is 12.2. The van der Waals surface area contributed by atoms with Gasteiger partial charge in [0.2, 0.25) is 0 Å². The van der Waals surface area contributed by atoms with Gasteiger partial charge in [-0.05, 0) is 37.3 Å². The van der Waals surface area contributed by atoms with Gasteiger partial charge in [0.1, 0.15) is 0 Å². The molecule has 2 rings (SSSR count). The summed E-state index contributed by atoms with van der Waals surface area (Å²) >= 11 is 1.62. The first-order valence-electron chi connectivity index (χ1n) is 6.25. The van der Waals surface area contributed by atoms with Gasteiger partial charge in [-0.3, -0.25) is 0 Å². The van der Waals surface area contributed by atoms with E-state index in [4.69, 9.17) is 4.74 Å². The largest absolute Gasteiger partial charge is 0.467 e. The molecule has 0 saturated heterocycles. The molecule has 1 atom stereocenters. The van der Waals surface area contributed by atoms with Gasteiger partial charge < -0.3 is 15.0 Å². The second-order valence-electron chi connectivity index (χ2n) is 4.77. The van der Waals surface area contributed by atoms with Gasteiger partial charge in [-0.25, -0.2) is 9.59 Å². The summed E-state index contributed by atoms with van der Waals surface area (Å²) in [6.45, 7) is 4.32. The Morgan fingerprint density at radius 2 is 2.26 bits per heavy atom. The third kappa shape index (κ3) is 2.73. The first kappa shape index (κ1) is 13.9. The fourth-order valence-corrected chi connectivity index (χ4v) is 3.13. The number of rotatable bonds is 2. The van der Waals surface area contributed by atoms with Crippen LogP contribution in [0.3, 0.4) is 0 Å². The van der Waals surface area contributed by atoms with E-state index in [1.165, 1.54) is 7.11 Å². The highest BCUT2D eigenvalue weighted by Crippen LogP contribution is 2.34. The summed E-state index contributed by atoms with van der Waals surface area (Å²) in [5.74, 6) is -0.391. The van der Waals surface area contributed by atoms with Crippen LogP contribution in [-0.4, -0.2) is 36.6 Å². The number of hydrogen-bond acceptors (Lipinski definition) is 4. The maximum atomic E-state index is 12.2. The quantitative estimate of drug-likeness (QED) is 0.843. The molecule has 1 aromatic heterocycles. The zero-order valence-electron chi connectivity index (χ0n) is 11.3. The normalized spacial score (nSPS) is 18.1. The van der Waals surface area contributed by atoms with Crippen molar-refractivity contribution in [2.45, 2.75) is 32.4 Å². The minimum Gasteiger partial charge on any atom is -0.467 e. The number of methoxy groups -OCH3 is 1. The Morgan fingerprint density at radius 1 is 1.53 bits per heavy atom. The molecule has 1 aliphatic rings. The van der Waals surface area contributed by atoms with Crippen molar-refractivity contribution in [1.82, 2.24) is 10.2 Å². The topological polar surface area (TPSA) is 58.6 Å². The lowest BCUT2D eigenvalue weighted by Gasteiger charge is -2.34. The van der Waals surface area contributed by atoms with E-state index in [0.717, 1.165) is 16.9 Å². The number of carbonyl (C=O) groups excluding carboxylic acids is 2. The van der Waals surface area contributed by atoms with E-state index in [0.29, 0.717) is 6.54 Å². The van der Waals surface area contributed by atoms with Gasteiger partial charge >= 0.3 is 12.0 Å². The molecule has 1 aliphatic heterocycles. The van der Waals surface area contributed by atoms with Crippen LogP contribution < -0.4 is 5.32 Å². The molecule has 0 saturated carbocycles. The lowest BCUT2D eigenvalue weighted by Crippen LogP contribution is -2.49. The molecule has 0 radical (unpaired) electrons. The summed E-state index contributed by atoms with van der Waals surface area (Å²) in [7, 11) is 1.35. The second kappa shape index (κ2) is 5.61. The third-order valence-electron chi connectivity index (χ3n) is 3.06. The Hall–Kier alpha value is -1.56. The van der Waals surface area contributed by atoms with E-state index < -0.39 is 12.0 Å². The molecule has 2 amide bonds. The van der Waals surface area contributed by atoms with Gasteiger partial charge in [0.05, 0.1) is 7.11 Å². The van der Waals surface area contributed by atoms with Gasteiger partial charge in [0, 0.05) is 17.5 Å². The summed E-state index contributed by atoms with van der Waals surface area (Å²) in [5, 5.41) is 4.78. The molecule has 6 heteroatoms. The number of esters is 1. The van der Waals surface area contributed by atoms with Crippen molar-refractivity contribution in [2.24, 2.45) is 0 Å². The fraction of sp³-hybridized carbons (Fsp3) is 0.538. The Morgan fingerprint density at radius 3 is 2.89 bits per heavy atom. The first-order valence-corrected chi connectivity index (χ1v) is 7.13. The molecule has 5 nitrogen and oxygen atoms in total. The average Bonchev–Trinajstić information content (AvgIpc) is 2.83. The van der Waals surface area contributed by atoms with Crippen molar-refractivity contribution in [3.8, 4) is 0 Å². The van der Waals surface area contributed by atoms with Crippen LogP contribution in [0, 0.1) is 0 Å². The van der Waals surface area contributed by atoms with E-state index in [-0.39, 0.29) is 12.1 Å². The van der Waals surface area contributed by atoms with Gasteiger partial charge in [-0.15, -0.1) is 11.3 Å². The van der Waals surface area contributed by atoms with Crippen LogP contribution in [-0.2, 0) is 16.0 Å². The maximum Gasteiger partial charge on any atom is 0.333 e. The minimum atomic E-state index is -0.626. The molecular weight excluding hydrogens is 264 g/mol. The van der Waals surface area contributed by atoms with Crippen LogP contribution in [0.1, 0.15) is 30.3 Å². The zero-order chi connectivity index (χ0) is 14.0. The standard InChI is InChI=1S/C13H18N2O3S/c1-8(2)14-13(17)15-6-4-10-9(5-7-19-10)11(15)12(16)18-3/h5,7-8,11H,4,6H2,1-3H3,(H,14,17). The van der Waals surface area contributed by atoms with Crippen molar-refractivity contribution < 1.29 is 14.3 Å². The van der Waals surface area contributed by atoms with Crippen LogP contribution in [0.2, 0.25) is 0 Å². The summed E-state index contributed by atoms with van der Waals surface area (Å²) in [5.41, 5.74) is 0.891. The van der Waals surface area contributed by atoms with Crippen molar-refractivity contribution >= 4 is 23.3 Å². The minimum absolute atomic E-state index is 0.0367. The van der Waals surface area contributed by atoms with Gasteiger partial charge in [0.25, 0.3) is 0 Å². The fourth-order valence-electron chi connectivity index (χ4n) is 2.23. The Kier molecular flexibility index (Phi) is 4.09. The van der Waals surface area contributed by atoms with Crippen LogP contribution in [0.25, 0.3) is 0 Å². The van der Waals surface area contributed by atoms with Crippen LogP contribution >= 0.6 is 11.3 Å². The highest BCUT2D eigenvalue weighted by Gasteiger charge is 2.37. The highest BCUT2D eigenvalue weighted by atomic mass is 32.1. The number of urea groups is 1. The molecule has 104 valence electrons. The number of amides is 2. The number of nitrogens with one attached hydrogen (secondary N) is 1. The van der Waals surface area contributed by atoms with Crippen LogP contribution in [0.5, 0.6) is 0 Å². The summed E-state index contributed by atoms with van der Waals surface area (Å²) in [6.07, 6.45) is 0.784. The SMILES string of the molecule is COC(=O)C1c2ccsc2CCN1C(=O)NC(C)C. The number of ether oxygens (including phenoxy) is 1. The predicted molar refractivity (Wildman–Crippen MR) is 73.2 cm³/mol. The Balaban J connectivity index is 2.29. The van der Waals surface area contributed by atoms with Crippen molar-refractivity contribution in [3.05, 3.63) is 21.9 Å². The number of thiophene rings is 1. The van der Waals surface area contributed by atoms with E-state index in [1.807, 2.05) is 25.3 Å². The average molecular weight is 282 g/mol.